The third-order valence-electron chi connectivity index (χ3n) is 1.22. The maximum atomic E-state index is 5.40. The van der Waals surface area contributed by atoms with Crippen LogP contribution in [0.4, 0.5) is 0 Å². The zero-order chi connectivity index (χ0) is 7.56. The van der Waals surface area contributed by atoms with E-state index in [0.29, 0.717) is 5.84 Å². The monoisotopic (exact) mass is 139 g/mol. The van der Waals surface area contributed by atoms with E-state index in [2.05, 4.69) is 10.2 Å². The molecule has 0 unspecified atom stereocenters. The number of rotatable bonds is 1. The van der Waals surface area contributed by atoms with Crippen LogP contribution in [-0.4, -0.2) is 15.6 Å². The van der Waals surface area contributed by atoms with Crippen LogP contribution in [0.1, 0.15) is 5.69 Å². The molecule has 0 aliphatic rings. The van der Waals surface area contributed by atoms with E-state index >= 15 is 0 Å². The molecule has 4 N–H and O–H groups in total. The first kappa shape index (κ1) is 6.60. The van der Waals surface area contributed by atoms with Gasteiger partial charge in [-0.25, -0.2) is 0 Å². The summed E-state index contributed by atoms with van der Waals surface area (Å²) in [6.45, 7) is 0. The lowest BCUT2D eigenvalue weighted by molar-refractivity contribution is 0.758. The molecule has 1 rings (SSSR count). The van der Waals surface area contributed by atoms with Gasteiger partial charge in [0.2, 0.25) is 0 Å². The summed E-state index contributed by atoms with van der Waals surface area (Å²) in [5.74, 6) is 5.25. The Kier molecular flexibility index (Phi) is 1.57. The standard InChI is InChI=1S/C5H9N5/c1-10-4(2-3-8-10)5(6)9-7/h2-3H,7H2,1H3,(H2,6,9). The molecule has 0 atom stereocenters. The third kappa shape index (κ3) is 0.928. The van der Waals surface area contributed by atoms with Gasteiger partial charge in [-0.05, 0) is 6.07 Å². The molecule has 0 bridgehead atoms. The molecule has 0 fully saturated rings. The minimum atomic E-state index is 0.292. The third-order valence-corrected chi connectivity index (χ3v) is 1.22. The van der Waals surface area contributed by atoms with Gasteiger partial charge in [0.25, 0.3) is 0 Å². The van der Waals surface area contributed by atoms with E-state index in [9.17, 15) is 0 Å². The number of hydrazone groups is 1. The van der Waals surface area contributed by atoms with Crippen LogP contribution >= 0.6 is 0 Å². The smallest absolute Gasteiger partial charge is 0.168 e. The quantitative estimate of drug-likeness (QED) is 0.226. The molecule has 0 radical (unpaired) electrons. The van der Waals surface area contributed by atoms with Gasteiger partial charge in [0.15, 0.2) is 5.84 Å². The second kappa shape index (κ2) is 2.38. The summed E-state index contributed by atoms with van der Waals surface area (Å²) in [6.07, 6.45) is 1.63. The Bertz CT molecular complexity index is 248. The van der Waals surface area contributed by atoms with Gasteiger partial charge in [-0.2, -0.15) is 10.2 Å². The topological polar surface area (TPSA) is 82.2 Å². The lowest BCUT2D eigenvalue weighted by Gasteiger charge is -1.96. The van der Waals surface area contributed by atoms with E-state index in [1.807, 2.05) is 0 Å². The Balaban J connectivity index is 3.05. The van der Waals surface area contributed by atoms with Gasteiger partial charge in [0.05, 0.1) is 0 Å². The first-order valence-electron chi connectivity index (χ1n) is 2.77. The molecule has 1 aromatic heterocycles. The fourth-order valence-corrected chi connectivity index (χ4v) is 0.691. The fraction of sp³-hybridized carbons (Fsp3) is 0.200. The Hall–Kier alpha value is -1.52. The number of nitrogens with two attached hydrogens (primary N) is 2. The molecule has 5 heteroatoms. The Morgan fingerprint density at radius 1 is 1.80 bits per heavy atom. The predicted octanol–water partition coefficient (Wildman–Crippen LogP) is -1.00. The van der Waals surface area contributed by atoms with Crippen molar-refractivity contribution < 1.29 is 0 Å². The van der Waals surface area contributed by atoms with Crippen LogP contribution in [0.2, 0.25) is 0 Å². The van der Waals surface area contributed by atoms with Crippen molar-refractivity contribution >= 4 is 5.84 Å². The van der Waals surface area contributed by atoms with E-state index in [-0.39, 0.29) is 0 Å². The summed E-state index contributed by atoms with van der Waals surface area (Å²) in [5.41, 5.74) is 6.13. The highest BCUT2D eigenvalue weighted by atomic mass is 15.3. The van der Waals surface area contributed by atoms with Gasteiger partial charge >= 0.3 is 0 Å². The predicted molar refractivity (Wildman–Crippen MR) is 38.1 cm³/mol. The van der Waals surface area contributed by atoms with Crippen molar-refractivity contribution in [3.63, 3.8) is 0 Å². The molecule has 1 aromatic rings. The van der Waals surface area contributed by atoms with Crippen molar-refractivity contribution in [1.82, 2.24) is 9.78 Å². The van der Waals surface area contributed by atoms with Crippen LogP contribution < -0.4 is 11.6 Å². The highest BCUT2D eigenvalue weighted by Gasteiger charge is 2.00. The van der Waals surface area contributed by atoms with Gasteiger partial charge in [-0.15, -0.1) is 0 Å². The van der Waals surface area contributed by atoms with Crippen LogP contribution in [0, 0.1) is 0 Å². The normalized spacial score (nSPS) is 11.9. The van der Waals surface area contributed by atoms with Gasteiger partial charge in [-0.1, -0.05) is 0 Å². The molecule has 1 heterocycles. The average Bonchev–Trinajstić information content (AvgIpc) is 2.34. The number of nitrogens with zero attached hydrogens (tertiary/aromatic N) is 3. The highest BCUT2D eigenvalue weighted by Crippen LogP contribution is 1.93. The van der Waals surface area contributed by atoms with Gasteiger partial charge in [0, 0.05) is 13.2 Å². The zero-order valence-corrected chi connectivity index (χ0v) is 5.65. The van der Waals surface area contributed by atoms with Crippen LogP contribution in [-0.2, 0) is 7.05 Å². The molecule has 54 valence electrons. The van der Waals surface area contributed by atoms with E-state index in [4.69, 9.17) is 11.6 Å². The Morgan fingerprint density at radius 2 is 2.50 bits per heavy atom. The summed E-state index contributed by atoms with van der Waals surface area (Å²) in [4.78, 5) is 0. The summed E-state index contributed by atoms with van der Waals surface area (Å²) < 4.78 is 1.60. The molecule has 0 saturated carbocycles. The van der Waals surface area contributed by atoms with Crippen molar-refractivity contribution in [3.8, 4) is 0 Å². The maximum Gasteiger partial charge on any atom is 0.168 e. The summed E-state index contributed by atoms with van der Waals surface area (Å²) >= 11 is 0. The molecular formula is C5H9N5. The van der Waals surface area contributed by atoms with Crippen LogP contribution in [0.3, 0.4) is 0 Å². The summed E-state index contributed by atoms with van der Waals surface area (Å²) in [7, 11) is 1.77. The molecular weight excluding hydrogens is 130 g/mol. The van der Waals surface area contributed by atoms with E-state index in [0.717, 1.165) is 5.69 Å². The van der Waals surface area contributed by atoms with Gasteiger partial charge in [-0.3, -0.25) is 4.68 Å². The minimum Gasteiger partial charge on any atom is -0.381 e. The van der Waals surface area contributed by atoms with Crippen molar-refractivity contribution in [3.05, 3.63) is 18.0 Å². The first-order valence-corrected chi connectivity index (χ1v) is 2.77. The Morgan fingerprint density at radius 3 is 2.90 bits per heavy atom. The minimum absolute atomic E-state index is 0.292. The molecule has 0 spiro atoms. The number of hydrogen-bond donors (Lipinski definition) is 2. The van der Waals surface area contributed by atoms with Crippen molar-refractivity contribution in [2.45, 2.75) is 0 Å². The molecule has 0 saturated heterocycles. The molecule has 0 aromatic carbocycles. The molecule has 0 aliphatic carbocycles. The number of amidine groups is 1. The maximum absolute atomic E-state index is 5.40. The summed E-state index contributed by atoms with van der Waals surface area (Å²) in [5, 5.41) is 7.21. The van der Waals surface area contributed by atoms with Crippen LogP contribution in [0.5, 0.6) is 0 Å². The largest absolute Gasteiger partial charge is 0.381 e. The SMILES string of the molecule is Cn1nccc1/C(N)=N/N. The zero-order valence-electron chi connectivity index (χ0n) is 5.65. The van der Waals surface area contributed by atoms with Crippen molar-refractivity contribution in [2.24, 2.45) is 23.7 Å². The first-order chi connectivity index (χ1) is 4.75. The number of aromatic nitrogens is 2. The summed E-state index contributed by atoms with van der Waals surface area (Å²) in [6, 6.07) is 1.74. The highest BCUT2D eigenvalue weighted by molar-refractivity contribution is 5.95. The lowest BCUT2D eigenvalue weighted by atomic mass is 10.4. The second-order valence-corrected chi connectivity index (χ2v) is 1.85. The molecule has 5 nitrogen and oxygen atoms in total. The van der Waals surface area contributed by atoms with E-state index in [1.54, 1.807) is 24.0 Å². The van der Waals surface area contributed by atoms with E-state index < -0.39 is 0 Å². The van der Waals surface area contributed by atoms with Gasteiger partial charge in [0.1, 0.15) is 5.69 Å². The second-order valence-electron chi connectivity index (χ2n) is 1.85. The Labute approximate surface area is 58.3 Å². The molecule has 0 aliphatic heterocycles. The number of aryl methyl sites for hydroxylation is 1. The van der Waals surface area contributed by atoms with E-state index in [1.165, 1.54) is 0 Å². The number of hydrogen-bond acceptors (Lipinski definition) is 3. The lowest BCUT2D eigenvalue weighted by Crippen LogP contribution is -2.19. The van der Waals surface area contributed by atoms with Gasteiger partial charge < -0.3 is 11.6 Å². The van der Waals surface area contributed by atoms with Crippen LogP contribution in [0.15, 0.2) is 17.4 Å². The molecule has 10 heavy (non-hydrogen) atoms. The van der Waals surface area contributed by atoms with Crippen molar-refractivity contribution in [2.75, 3.05) is 0 Å². The fourth-order valence-electron chi connectivity index (χ4n) is 0.691. The van der Waals surface area contributed by atoms with Crippen molar-refractivity contribution in [1.29, 1.82) is 0 Å². The molecule has 0 amide bonds. The van der Waals surface area contributed by atoms with Crippen LogP contribution in [0.25, 0.3) is 0 Å². The average molecular weight is 139 g/mol.